The van der Waals surface area contributed by atoms with Crippen molar-refractivity contribution < 1.29 is 9.50 Å². The summed E-state index contributed by atoms with van der Waals surface area (Å²) in [4.78, 5) is 4.26. The second-order valence-electron chi connectivity index (χ2n) is 4.84. The number of hydrogen-bond donors (Lipinski definition) is 1. The topological polar surface area (TPSA) is 32.6 Å². The molecule has 0 amide bonds. The molecule has 0 aliphatic carbocycles. The van der Waals surface area contributed by atoms with Crippen molar-refractivity contribution in [2.75, 3.05) is 0 Å². The van der Waals surface area contributed by atoms with Crippen LogP contribution in [-0.2, 0) is 0 Å². The van der Waals surface area contributed by atoms with E-state index < -0.39 is 0 Å². The van der Waals surface area contributed by atoms with Gasteiger partial charge in [0.25, 0.3) is 0 Å². The van der Waals surface area contributed by atoms with E-state index in [0.29, 0.717) is 11.3 Å². The van der Waals surface area contributed by atoms with E-state index in [9.17, 15) is 9.50 Å². The molecule has 0 radical (unpaired) electrons. The molecule has 0 heterocycles. The monoisotopic (exact) mass is 291 g/mol. The molecule has 0 atom stereocenters. The van der Waals surface area contributed by atoms with Crippen LogP contribution in [-0.4, -0.2) is 11.3 Å². The minimum absolute atomic E-state index is 0.180. The molecule has 0 aliphatic rings. The Morgan fingerprint density at radius 1 is 0.818 bits per heavy atom. The highest BCUT2D eigenvalue weighted by atomic mass is 19.1. The van der Waals surface area contributed by atoms with Gasteiger partial charge in [-0.3, -0.25) is 4.99 Å². The molecule has 3 aromatic carbocycles. The molecule has 0 aromatic heterocycles. The third-order valence-corrected chi connectivity index (χ3v) is 3.33. The number of phenolic OH excluding ortho intramolecular Hbond substituents is 1. The Morgan fingerprint density at radius 3 is 2.27 bits per heavy atom. The molecule has 0 aliphatic heterocycles. The molecule has 2 nitrogen and oxygen atoms in total. The van der Waals surface area contributed by atoms with Crippen molar-refractivity contribution >= 4 is 11.9 Å². The first-order valence-electron chi connectivity index (χ1n) is 6.91. The molecule has 0 fully saturated rings. The summed E-state index contributed by atoms with van der Waals surface area (Å²) in [5, 5.41) is 10.4. The lowest BCUT2D eigenvalue weighted by Gasteiger charge is -2.07. The number of rotatable bonds is 3. The van der Waals surface area contributed by atoms with Crippen molar-refractivity contribution in [2.45, 2.75) is 0 Å². The molecule has 1 N–H and O–H groups in total. The summed E-state index contributed by atoms with van der Waals surface area (Å²) in [6, 6.07) is 21.1. The van der Waals surface area contributed by atoms with Gasteiger partial charge in [0.15, 0.2) is 0 Å². The highest BCUT2D eigenvalue weighted by molar-refractivity contribution is 5.89. The molecular weight excluding hydrogens is 277 g/mol. The maximum atomic E-state index is 12.9. The van der Waals surface area contributed by atoms with Gasteiger partial charge in [-0.25, -0.2) is 4.39 Å². The Bertz CT molecular complexity index is 795. The summed E-state index contributed by atoms with van der Waals surface area (Å²) in [6.07, 6.45) is 1.58. The van der Waals surface area contributed by atoms with E-state index in [0.717, 1.165) is 11.1 Å². The molecule has 108 valence electrons. The third-order valence-electron chi connectivity index (χ3n) is 3.33. The largest absolute Gasteiger partial charge is 0.507 e. The lowest BCUT2D eigenvalue weighted by molar-refractivity contribution is 0.476. The van der Waals surface area contributed by atoms with E-state index >= 15 is 0 Å². The molecule has 3 rings (SSSR count). The van der Waals surface area contributed by atoms with Gasteiger partial charge in [-0.15, -0.1) is 0 Å². The summed E-state index contributed by atoms with van der Waals surface area (Å²) in [5.74, 6) is -0.118. The molecule has 0 spiro atoms. The van der Waals surface area contributed by atoms with Crippen LogP contribution in [0.15, 0.2) is 77.8 Å². The van der Waals surface area contributed by atoms with Crippen LogP contribution in [0.25, 0.3) is 11.1 Å². The molecule has 0 saturated heterocycles. The second kappa shape index (κ2) is 6.22. The lowest BCUT2D eigenvalue weighted by atomic mass is 10.0. The fraction of sp³-hybridized carbons (Fsp3) is 0. The summed E-state index contributed by atoms with van der Waals surface area (Å²) < 4.78 is 12.9. The number of aliphatic imine (C=N–C) groups is 1. The molecule has 22 heavy (non-hydrogen) atoms. The van der Waals surface area contributed by atoms with E-state index in [1.165, 1.54) is 12.1 Å². The number of hydrogen-bond acceptors (Lipinski definition) is 2. The van der Waals surface area contributed by atoms with Gasteiger partial charge in [-0.2, -0.15) is 0 Å². The van der Waals surface area contributed by atoms with Gasteiger partial charge in [-0.05, 0) is 35.9 Å². The Balaban J connectivity index is 1.93. The van der Waals surface area contributed by atoms with Crippen LogP contribution in [0.2, 0.25) is 0 Å². The van der Waals surface area contributed by atoms with Crippen LogP contribution in [0.3, 0.4) is 0 Å². The molecule has 0 bridgehead atoms. The average molecular weight is 291 g/mol. The summed E-state index contributed by atoms with van der Waals surface area (Å²) in [6.45, 7) is 0. The molecule has 3 aromatic rings. The fourth-order valence-corrected chi connectivity index (χ4v) is 2.19. The summed E-state index contributed by atoms with van der Waals surface area (Å²) in [5.41, 5.74) is 2.94. The number of para-hydroxylation sites is 1. The van der Waals surface area contributed by atoms with Gasteiger partial charge in [0, 0.05) is 17.3 Å². The molecular formula is C19H14FNO. The first kappa shape index (κ1) is 14.0. The van der Waals surface area contributed by atoms with E-state index in [1.54, 1.807) is 24.4 Å². The van der Waals surface area contributed by atoms with E-state index in [2.05, 4.69) is 4.99 Å². The third kappa shape index (κ3) is 3.04. The Labute approximate surface area is 128 Å². The zero-order valence-corrected chi connectivity index (χ0v) is 11.8. The normalized spacial score (nSPS) is 11.0. The van der Waals surface area contributed by atoms with Gasteiger partial charge in [0.05, 0.1) is 5.69 Å². The van der Waals surface area contributed by atoms with Crippen LogP contribution in [0, 0.1) is 5.82 Å². The number of halogens is 1. The van der Waals surface area contributed by atoms with Crippen LogP contribution in [0.4, 0.5) is 10.1 Å². The predicted octanol–water partition coefficient (Wildman–Crippen LogP) is 4.95. The molecule has 3 heteroatoms. The van der Waals surface area contributed by atoms with Crippen molar-refractivity contribution in [1.82, 2.24) is 0 Å². The summed E-state index contributed by atoms with van der Waals surface area (Å²) >= 11 is 0. The van der Waals surface area contributed by atoms with E-state index in [4.69, 9.17) is 0 Å². The maximum absolute atomic E-state index is 12.9. The maximum Gasteiger partial charge on any atom is 0.132 e. The Morgan fingerprint density at radius 2 is 1.55 bits per heavy atom. The van der Waals surface area contributed by atoms with Crippen molar-refractivity contribution in [2.24, 2.45) is 4.99 Å². The summed E-state index contributed by atoms with van der Waals surface area (Å²) in [7, 11) is 0. The Kier molecular flexibility index (Phi) is 3.97. The first-order chi connectivity index (χ1) is 10.7. The van der Waals surface area contributed by atoms with Gasteiger partial charge < -0.3 is 5.11 Å². The van der Waals surface area contributed by atoms with Gasteiger partial charge in [-0.1, -0.05) is 42.5 Å². The van der Waals surface area contributed by atoms with Crippen LogP contribution in [0.1, 0.15) is 5.56 Å². The van der Waals surface area contributed by atoms with E-state index in [1.807, 2.05) is 42.5 Å². The average Bonchev–Trinajstić information content (AvgIpc) is 2.56. The fourth-order valence-electron chi connectivity index (χ4n) is 2.19. The minimum atomic E-state index is -0.298. The van der Waals surface area contributed by atoms with E-state index in [-0.39, 0.29) is 11.6 Å². The number of benzene rings is 3. The lowest BCUT2D eigenvalue weighted by Crippen LogP contribution is -1.86. The zero-order valence-electron chi connectivity index (χ0n) is 11.8. The van der Waals surface area contributed by atoms with Crippen molar-refractivity contribution in [1.29, 1.82) is 0 Å². The standard InChI is InChI=1S/C19H14FNO/c20-16-9-11-17(12-10-16)21-13-15-7-4-8-18(19(15)22)14-5-2-1-3-6-14/h1-13,22H. The smallest absolute Gasteiger partial charge is 0.132 e. The quantitative estimate of drug-likeness (QED) is 0.680. The molecule has 0 saturated carbocycles. The van der Waals surface area contributed by atoms with Crippen molar-refractivity contribution in [3.8, 4) is 16.9 Å². The minimum Gasteiger partial charge on any atom is -0.507 e. The van der Waals surface area contributed by atoms with Crippen molar-refractivity contribution in [3.05, 3.63) is 84.2 Å². The highest BCUT2D eigenvalue weighted by Gasteiger charge is 2.07. The van der Waals surface area contributed by atoms with Gasteiger partial charge >= 0.3 is 0 Å². The van der Waals surface area contributed by atoms with Crippen molar-refractivity contribution in [3.63, 3.8) is 0 Å². The van der Waals surface area contributed by atoms with Crippen LogP contribution >= 0.6 is 0 Å². The van der Waals surface area contributed by atoms with Gasteiger partial charge in [0.2, 0.25) is 0 Å². The number of nitrogens with zero attached hydrogens (tertiary/aromatic N) is 1. The second-order valence-corrected chi connectivity index (χ2v) is 4.84. The van der Waals surface area contributed by atoms with Gasteiger partial charge in [0.1, 0.15) is 11.6 Å². The van der Waals surface area contributed by atoms with Crippen LogP contribution < -0.4 is 0 Å². The first-order valence-corrected chi connectivity index (χ1v) is 6.91. The molecule has 0 unspecified atom stereocenters. The van der Waals surface area contributed by atoms with Crippen LogP contribution in [0.5, 0.6) is 5.75 Å². The highest BCUT2D eigenvalue weighted by Crippen LogP contribution is 2.31. The zero-order chi connectivity index (χ0) is 15.4. The Hall–Kier alpha value is -2.94. The number of aromatic hydroxyl groups is 1. The predicted molar refractivity (Wildman–Crippen MR) is 87.2 cm³/mol. The SMILES string of the molecule is Oc1c(C=Nc2ccc(F)cc2)cccc1-c1ccccc1. The number of phenols is 1.